The molecule has 0 saturated carbocycles. The number of para-hydroxylation sites is 4. The standard InChI is InChI=1S/C66H42N2/c1-4-19-43(20-5-1)44-39-40-48-45(41-44)21-14-30-51(48)64-54-31-15-28-49(52-33-17-37-62-65(52)56-26-10-12-35-60(56)67(62)46-22-6-2-7-23-46)58(54)42-59-50(29-16-32-55(59)64)53-34-18-38-63-66(53)57-27-11-13-36-61(57)68(63)47-24-8-3-9-25-47/h1-42H. The fourth-order valence-corrected chi connectivity index (χ4v) is 11.4. The van der Waals surface area contributed by atoms with Gasteiger partial charge < -0.3 is 9.13 Å². The van der Waals surface area contributed by atoms with Crippen molar-refractivity contribution in [3.63, 3.8) is 0 Å². The molecule has 0 spiro atoms. The van der Waals surface area contributed by atoms with Crippen molar-refractivity contribution < 1.29 is 0 Å². The summed E-state index contributed by atoms with van der Waals surface area (Å²) < 4.78 is 4.84. The quantitative estimate of drug-likeness (QED) is 0.147. The van der Waals surface area contributed by atoms with Gasteiger partial charge in [-0.25, -0.2) is 0 Å². The maximum atomic E-state index is 2.50. The number of hydrogen-bond donors (Lipinski definition) is 0. The summed E-state index contributed by atoms with van der Waals surface area (Å²) in [5.41, 5.74) is 16.9. The fourth-order valence-electron chi connectivity index (χ4n) is 11.4. The van der Waals surface area contributed by atoms with Crippen LogP contribution in [0.3, 0.4) is 0 Å². The molecule has 0 aliphatic carbocycles. The monoisotopic (exact) mass is 862 g/mol. The Morgan fingerprint density at radius 3 is 1.21 bits per heavy atom. The third kappa shape index (κ3) is 5.78. The lowest BCUT2D eigenvalue weighted by Crippen LogP contribution is -1.94. The smallest absolute Gasteiger partial charge is 0.0547 e. The Morgan fingerprint density at radius 2 is 0.647 bits per heavy atom. The molecule has 2 heteroatoms. The van der Waals surface area contributed by atoms with Crippen molar-refractivity contribution in [2.75, 3.05) is 0 Å². The molecule has 0 radical (unpaired) electrons. The molecule has 12 aromatic carbocycles. The van der Waals surface area contributed by atoms with Gasteiger partial charge in [0.15, 0.2) is 0 Å². The van der Waals surface area contributed by atoms with Gasteiger partial charge in [-0.3, -0.25) is 0 Å². The second-order valence-corrected chi connectivity index (χ2v) is 17.9. The molecule has 0 aliphatic rings. The van der Waals surface area contributed by atoms with E-state index in [0.717, 1.165) is 11.4 Å². The van der Waals surface area contributed by atoms with Gasteiger partial charge in [0, 0.05) is 32.9 Å². The zero-order valence-electron chi connectivity index (χ0n) is 37.1. The summed E-state index contributed by atoms with van der Waals surface area (Å²) in [5, 5.41) is 12.4. The first kappa shape index (κ1) is 38.3. The predicted octanol–water partition coefficient (Wildman–Crippen LogP) is 18.0. The van der Waals surface area contributed by atoms with Gasteiger partial charge in [0.1, 0.15) is 0 Å². The molecule has 0 N–H and O–H groups in total. The molecule has 316 valence electrons. The van der Waals surface area contributed by atoms with Gasteiger partial charge in [-0.15, -0.1) is 0 Å². The summed E-state index contributed by atoms with van der Waals surface area (Å²) in [7, 11) is 0. The molecular formula is C66H42N2. The van der Waals surface area contributed by atoms with Gasteiger partial charge in [-0.2, -0.15) is 0 Å². The Hall–Kier alpha value is -8.98. The maximum absolute atomic E-state index is 2.50. The molecule has 0 unspecified atom stereocenters. The third-order valence-corrected chi connectivity index (χ3v) is 14.3. The van der Waals surface area contributed by atoms with Gasteiger partial charge in [-0.05, 0) is 137 Å². The van der Waals surface area contributed by atoms with E-state index in [9.17, 15) is 0 Å². The minimum atomic E-state index is 1.15. The molecule has 0 atom stereocenters. The number of benzene rings is 12. The molecule has 0 fully saturated rings. The van der Waals surface area contributed by atoms with Crippen LogP contribution in [0.2, 0.25) is 0 Å². The van der Waals surface area contributed by atoms with Crippen LogP contribution in [0.5, 0.6) is 0 Å². The average Bonchev–Trinajstić information content (AvgIpc) is 3.94. The van der Waals surface area contributed by atoms with E-state index in [4.69, 9.17) is 0 Å². The van der Waals surface area contributed by atoms with Crippen molar-refractivity contribution in [2.45, 2.75) is 0 Å². The van der Waals surface area contributed by atoms with Crippen molar-refractivity contribution in [1.29, 1.82) is 0 Å². The zero-order valence-corrected chi connectivity index (χ0v) is 37.1. The van der Waals surface area contributed by atoms with Crippen LogP contribution in [-0.4, -0.2) is 9.13 Å². The number of rotatable bonds is 6. The lowest BCUT2D eigenvalue weighted by atomic mass is 9.84. The average molecular weight is 863 g/mol. The van der Waals surface area contributed by atoms with Crippen molar-refractivity contribution >= 4 is 75.9 Å². The first-order valence-corrected chi connectivity index (χ1v) is 23.5. The second kappa shape index (κ2) is 15.3. The predicted molar refractivity (Wildman–Crippen MR) is 289 cm³/mol. The van der Waals surface area contributed by atoms with Crippen molar-refractivity contribution in [3.8, 4) is 55.9 Å². The molecule has 2 nitrogen and oxygen atoms in total. The van der Waals surface area contributed by atoms with Crippen LogP contribution in [0.1, 0.15) is 0 Å². The molecule has 14 rings (SSSR count). The fraction of sp³-hybridized carbons (Fsp3) is 0. The highest BCUT2D eigenvalue weighted by Gasteiger charge is 2.23. The zero-order chi connectivity index (χ0) is 44.7. The summed E-state index contributed by atoms with van der Waals surface area (Å²) >= 11 is 0. The van der Waals surface area contributed by atoms with Crippen LogP contribution in [0.15, 0.2) is 255 Å². The highest BCUT2D eigenvalue weighted by atomic mass is 15.0. The lowest BCUT2D eigenvalue weighted by molar-refractivity contribution is 1.18. The van der Waals surface area contributed by atoms with Crippen LogP contribution < -0.4 is 0 Å². The summed E-state index contributed by atoms with van der Waals surface area (Å²) in [5.74, 6) is 0. The van der Waals surface area contributed by atoms with E-state index in [0.29, 0.717) is 0 Å². The van der Waals surface area contributed by atoms with Crippen molar-refractivity contribution in [1.82, 2.24) is 9.13 Å². The van der Waals surface area contributed by atoms with E-state index in [1.165, 1.54) is 120 Å². The maximum Gasteiger partial charge on any atom is 0.0547 e. The molecule has 68 heavy (non-hydrogen) atoms. The van der Waals surface area contributed by atoms with E-state index in [2.05, 4.69) is 264 Å². The number of hydrogen-bond acceptors (Lipinski definition) is 0. The van der Waals surface area contributed by atoms with Crippen LogP contribution in [-0.2, 0) is 0 Å². The van der Waals surface area contributed by atoms with Crippen molar-refractivity contribution in [2.24, 2.45) is 0 Å². The summed E-state index contributed by atoms with van der Waals surface area (Å²) in [6, 6.07) is 93.9. The first-order chi connectivity index (χ1) is 33.8. The van der Waals surface area contributed by atoms with E-state index in [1.807, 2.05) is 0 Å². The first-order valence-electron chi connectivity index (χ1n) is 23.5. The summed E-state index contributed by atoms with van der Waals surface area (Å²) in [6.07, 6.45) is 0. The number of fused-ring (bicyclic) bond motifs is 9. The molecular weight excluding hydrogens is 821 g/mol. The highest BCUT2D eigenvalue weighted by Crippen LogP contribution is 2.49. The van der Waals surface area contributed by atoms with Crippen LogP contribution in [0, 0.1) is 0 Å². The van der Waals surface area contributed by atoms with Gasteiger partial charge >= 0.3 is 0 Å². The minimum absolute atomic E-state index is 1.15. The topological polar surface area (TPSA) is 9.86 Å². The molecule has 2 heterocycles. The van der Waals surface area contributed by atoms with Crippen LogP contribution in [0.25, 0.3) is 132 Å². The minimum Gasteiger partial charge on any atom is -0.309 e. The van der Waals surface area contributed by atoms with Crippen LogP contribution in [0.4, 0.5) is 0 Å². The molecule has 0 amide bonds. The Morgan fingerprint density at radius 1 is 0.221 bits per heavy atom. The normalized spacial score (nSPS) is 11.8. The van der Waals surface area contributed by atoms with E-state index in [1.54, 1.807) is 0 Å². The second-order valence-electron chi connectivity index (χ2n) is 17.9. The van der Waals surface area contributed by atoms with Gasteiger partial charge in [-0.1, -0.05) is 194 Å². The summed E-state index contributed by atoms with van der Waals surface area (Å²) in [6.45, 7) is 0. The Bertz CT molecular complexity index is 4080. The van der Waals surface area contributed by atoms with E-state index >= 15 is 0 Å². The highest BCUT2D eigenvalue weighted by molar-refractivity contribution is 6.26. The largest absolute Gasteiger partial charge is 0.309 e. The Balaban J connectivity index is 1.11. The Kier molecular flexibility index (Phi) is 8.62. The van der Waals surface area contributed by atoms with Gasteiger partial charge in [0.2, 0.25) is 0 Å². The molecule has 2 aromatic heterocycles. The summed E-state index contributed by atoms with van der Waals surface area (Å²) in [4.78, 5) is 0. The van der Waals surface area contributed by atoms with Gasteiger partial charge in [0.05, 0.1) is 22.1 Å². The van der Waals surface area contributed by atoms with Crippen molar-refractivity contribution in [3.05, 3.63) is 255 Å². The molecule has 0 bridgehead atoms. The van der Waals surface area contributed by atoms with E-state index in [-0.39, 0.29) is 0 Å². The lowest BCUT2D eigenvalue weighted by Gasteiger charge is -2.19. The molecule has 14 aromatic rings. The SMILES string of the molecule is c1ccc(-c2ccc3c(-c4c5cccc(-c6cccc7c6c6ccccc6n7-c6ccccc6)c5cc5c(-c6cccc7c6c6ccccc6n7-c6ccccc6)cccc45)cccc3c2)cc1. The Labute approximate surface area is 393 Å². The van der Waals surface area contributed by atoms with Crippen LogP contribution >= 0.6 is 0 Å². The third-order valence-electron chi connectivity index (χ3n) is 14.3. The molecule has 0 aliphatic heterocycles. The van der Waals surface area contributed by atoms with Gasteiger partial charge in [0.25, 0.3) is 0 Å². The van der Waals surface area contributed by atoms with E-state index < -0.39 is 0 Å². The molecule has 0 saturated heterocycles. The number of aromatic nitrogens is 2. The number of nitrogens with zero attached hydrogens (tertiary/aromatic N) is 2.